The smallest absolute Gasteiger partial charge is 0.305 e. The first-order valence-corrected chi connectivity index (χ1v) is 6.98. The van der Waals surface area contributed by atoms with E-state index in [0.29, 0.717) is 6.54 Å². The SMILES string of the molecule is O=C(CCN1CCCNCC1)c1ccc(F)c([N+](=O)[O-])c1. The lowest BCUT2D eigenvalue weighted by atomic mass is 10.1. The van der Waals surface area contributed by atoms with Crippen molar-refractivity contribution >= 4 is 11.5 Å². The monoisotopic (exact) mass is 295 g/mol. The highest BCUT2D eigenvalue weighted by Gasteiger charge is 2.18. The fraction of sp³-hybridized carbons (Fsp3) is 0.500. The lowest BCUT2D eigenvalue weighted by molar-refractivity contribution is -0.387. The molecule has 114 valence electrons. The lowest BCUT2D eigenvalue weighted by Gasteiger charge is -2.18. The Hall–Kier alpha value is -1.86. The van der Waals surface area contributed by atoms with E-state index in [9.17, 15) is 19.3 Å². The van der Waals surface area contributed by atoms with Crippen LogP contribution in [0.15, 0.2) is 18.2 Å². The van der Waals surface area contributed by atoms with E-state index in [-0.39, 0.29) is 17.8 Å². The molecule has 21 heavy (non-hydrogen) atoms. The van der Waals surface area contributed by atoms with Crippen molar-refractivity contribution < 1.29 is 14.1 Å². The van der Waals surface area contributed by atoms with Crippen molar-refractivity contribution in [3.63, 3.8) is 0 Å². The number of halogens is 1. The van der Waals surface area contributed by atoms with Gasteiger partial charge < -0.3 is 10.2 Å². The van der Waals surface area contributed by atoms with Crippen LogP contribution in [0.25, 0.3) is 0 Å². The molecule has 0 aliphatic carbocycles. The van der Waals surface area contributed by atoms with Gasteiger partial charge in [-0.3, -0.25) is 14.9 Å². The van der Waals surface area contributed by atoms with Crippen LogP contribution in [0.1, 0.15) is 23.2 Å². The van der Waals surface area contributed by atoms with Crippen molar-refractivity contribution in [2.75, 3.05) is 32.7 Å². The largest absolute Gasteiger partial charge is 0.315 e. The van der Waals surface area contributed by atoms with E-state index in [1.54, 1.807) is 0 Å². The highest BCUT2D eigenvalue weighted by molar-refractivity contribution is 5.96. The van der Waals surface area contributed by atoms with Crippen LogP contribution in [-0.4, -0.2) is 48.3 Å². The topological polar surface area (TPSA) is 75.5 Å². The number of hydrogen-bond donors (Lipinski definition) is 1. The Labute approximate surface area is 122 Å². The molecule has 1 saturated heterocycles. The second-order valence-electron chi connectivity index (χ2n) is 5.04. The number of nitrogens with zero attached hydrogens (tertiary/aromatic N) is 2. The molecule has 0 bridgehead atoms. The molecule has 0 radical (unpaired) electrons. The number of hydrogen-bond acceptors (Lipinski definition) is 5. The first-order chi connectivity index (χ1) is 10.1. The van der Waals surface area contributed by atoms with Gasteiger partial charge in [-0.05, 0) is 31.6 Å². The molecule has 0 saturated carbocycles. The molecule has 0 amide bonds. The van der Waals surface area contributed by atoms with Crippen LogP contribution in [0.4, 0.5) is 10.1 Å². The average Bonchev–Trinajstić information content (AvgIpc) is 2.73. The highest BCUT2D eigenvalue weighted by atomic mass is 19.1. The van der Waals surface area contributed by atoms with E-state index >= 15 is 0 Å². The predicted octanol–water partition coefficient (Wildman–Crippen LogP) is 1.60. The Morgan fingerprint density at radius 2 is 2.19 bits per heavy atom. The molecular formula is C14H18FN3O3. The number of carbonyl (C=O) groups is 1. The number of ketones is 1. The highest BCUT2D eigenvalue weighted by Crippen LogP contribution is 2.19. The normalized spacial score (nSPS) is 16.4. The average molecular weight is 295 g/mol. The van der Waals surface area contributed by atoms with Gasteiger partial charge in [0.1, 0.15) is 0 Å². The molecule has 1 aromatic rings. The summed E-state index contributed by atoms with van der Waals surface area (Å²) in [4.78, 5) is 24.1. The molecule has 0 spiro atoms. The van der Waals surface area contributed by atoms with Gasteiger partial charge in [0.05, 0.1) is 4.92 Å². The number of carbonyl (C=O) groups excluding carboxylic acids is 1. The first-order valence-electron chi connectivity index (χ1n) is 6.98. The van der Waals surface area contributed by atoms with Crippen molar-refractivity contribution in [1.29, 1.82) is 0 Å². The zero-order valence-electron chi connectivity index (χ0n) is 11.7. The van der Waals surface area contributed by atoms with Crippen LogP contribution in [0, 0.1) is 15.9 Å². The number of nitrogens with one attached hydrogen (secondary N) is 1. The molecule has 0 unspecified atom stereocenters. The van der Waals surface area contributed by atoms with Gasteiger partial charge in [-0.2, -0.15) is 4.39 Å². The summed E-state index contributed by atoms with van der Waals surface area (Å²) in [6.45, 7) is 4.32. The Morgan fingerprint density at radius 3 is 2.95 bits per heavy atom. The molecule has 1 heterocycles. The summed E-state index contributed by atoms with van der Waals surface area (Å²) in [6.07, 6.45) is 1.32. The second-order valence-corrected chi connectivity index (χ2v) is 5.04. The van der Waals surface area contributed by atoms with Crippen LogP contribution < -0.4 is 5.32 Å². The number of nitro groups is 1. The molecular weight excluding hydrogens is 277 g/mol. The molecule has 1 fully saturated rings. The fourth-order valence-electron chi connectivity index (χ4n) is 2.36. The Morgan fingerprint density at radius 1 is 1.38 bits per heavy atom. The molecule has 1 N–H and O–H groups in total. The van der Waals surface area contributed by atoms with E-state index in [2.05, 4.69) is 10.2 Å². The summed E-state index contributed by atoms with van der Waals surface area (Å²) < 4.78 is 13.2. The maximum absolute atomic E-state index is 13.2. The molecule has 7 heteroatoms. The molecule has 6 nitrogen and oxygen atoms in total. The van der Waals surface area contributed by atoms with Crippen LogP contribution in [-0.2, 0) is 0 Å². The van der Waals surface area contributed by atoms with Gasteiger partial charge in [0, 0.05) is 37.7 Å². The number of nitro benzene ring substituents is 1. The third-order valence-electron chi connectivity index (χ3n) is 3.55. The van der Waals surface area contributed by atoms with Crippen molar-refractivity contribution in [3.8, 4) is 0 Å². The third kappa shape index (κ3) is 4.30. The van der Waals surface area contributed by atoms with Gasteiger partial charge in [-0.25, -0.2) is 0 Å². The van der Waals surface area contributed by atoms with Gasteiger partial charge in [-0.1, -0.05) is 0 Å². The minimum atomic E-state index is -0.921. The summed E-state index contributed by atoms with van der Waals surface area (Å²) in [5.74, 6) is -1.12. The summed E-state index contributed by atoms with van der Waals surface area (Å²) in [5, 5.41) is 14.0. The van der Waals surface area contributed by atoms with Gasteiger partial charge in [0.15, 0.2) is 5.78 Å². The predicted molar refractivity (Wildman–Crippen MR) is 75.9 cm³/mol. The minimum Gasteiger partial charge on any atom is -0.315 e. The maximum atomic E-state index is 13.2. The van der Waals surface area contributed by atoms with Crippen LogP contribution in [0.2, 0.25) is 0 Å². The molecule has 0 atom stereocenters. The van der Waals surface area contributed by atoms with E-state index in [4.69, 9.17) is 0 Å². The van der Waals surface area contributed by atoms with Crippen molar-refractivity contribution in [2.45, 2.75) is 12.8 Å². The minimum absolute atomic E-state index is 0.191. The molecule has 1 aliphatic heterocycles. The zero-order valence-corrected chi connectivity index (χ0v) is 11.7. The van der Waals surface area contributed by atoms with Crippen molar-refractivity contribution in [3.05, 3.63) is 39.7 Å². The van der Waals surface area contributed by atoms with Gasteiger partial charge in [0.25, 0.3) is 0 Å². The molecule has 2 rings (SSSR count). The number of Topliss-reactive ketones (excluding diaryl/α,β-unsaturated/α-hetero) is 1. The van der Waals surface area contributed by atoms with E-state index in [0.717, 1.165) is 44.7 Å². The summed E-state index contributed by atoms with van der Waals surface area (Å²) in [5.41, 5.74) is -0.462. The van der Waals surface area contributed by atoms with E-state index in [1.165, 1.54) is 6.07 Å². The molecule has 0 aromatic heterocycles. The van der Waals surface area contributed by atoms with Crippen LogP contribution in [0.5, 0.6) is 0 Å². The van der Waals surface area contributed by atoms with Crippen molar-refractivity contribution in [2.24, 2.45) is 0 Å². The van der Waals surface area contributed by atoms with Gasteiger partial charge >= 0.3 is 5.69 Å². The summed E-state index contributed by atoms with van der Waals surface area (Å²) in [7, 11) is 0. The Balaban J connectivity index is 1.96. The van der Waals surface area contributed by atoms with Gasteiger partial charge in [0.2, 0.25) is 5.82 Å². The maximum Gasteiger partial charge on any atom is 0.305 e. The Kier molecular flexibility index (Phi) is 5.35. The molecule has 1 aromatic carbocycles. The third-order valence-corrected chi connectivity index (χ3v) is 3.55. The Bertz CT molecular complexity index is 528. The number of rotatable bonds is 5. The zero-order chi connectivity index (χ0) is 15.2. The second kappa shape index (κ2) is 7.24. The number of benzene rings is 1. The van der Waals surface area contributed by atoms with Gasteiger partial charge in [-0.15, -0.1) is 0 Å². The quantitative estimate of drug-likeness (QED) is 0.507. The lowest BCUT2D eigenvalue weighted by Crippen LogP contribution is -2.30. The van der Waals surface area contributed by atoms with E-state index < -0.39 is 16.4 Å². The first kappa shape index (κ1) is 15.5. The van der Waals surface area contributed by atoms with E-state index in [1.807, 2.05) is 0 Å². The van der Waals surface area contributed by atoms with Crippen LogP contribution in [0.3, 0.4) is 0 Å². The van der Waals surface area contributed by atoms with Crippen molar-refractivity contribution in [1.82, 2.24) is 10.2 Å². The fourth-order valence-corrected chi connectivity index (χ4v) is 2.36. The standard InChI is InChI=1S/C14H18FN3O3/c15-12-3-2-11(10-13(12)18(20)21)14(19)4-8-17-7-1-5-16-6-9-17/h2-3,10,16H,1,4-9H2. The summed E-state index contributed by atoms with van der Waals surface area (Å²) in [6, 6.07) is 3.29. The van der Waals surface area contributed by atoms with Crippen LogP contribution >= 0.6 is 0 Å². The summed E-state index contributed by atoms with van der Waals surface area (Å²) >= 11 is 0. The molecule has 1 aliphatic rings.